The molecule has 0 radical (unpaired) electrons. The van der Waals surface area contributed by atoms with E-state index in [-0.39, 0.29) is 0 Å². The lowest BCUT2D eigenvalue weighted by Crippen LogP contribution is -2.09. The van der Waals surface area contributed by atoms with E-state index in [2.05, 4.69) is 26.0 Å². The van der Waals surface area contributed by atoms with Gasteiger partial charge in [-0.3, -0.25) is 0 Å². The Morgan fingerprint density at radius 1 is 0.357 bits per heavy atom. The molecule has 0 aromatic carbocycles. The first-order valence-corrected chi connectivity index (χ1v) is 19.3. The van der Waals surface area contributed by atoms with Gasteiger partial charge in [0.2, 0.25) is 0 Å². The number of unbranched alkanes of at least 4 members (excludes halogenated alkanes) is 29. The van der Waals surface area contributed by atoms with Crippen LogP contribution in [0.2, 0.25) is 0 Å². The molecule has 0 aliphatic rings. The van der Waals surface area contributed by atoms with Gasteiger partial charge in [-0.15, -0.1) is 0 Å². The van der Waals surface area contributed by atoms with Crippen LogP contribution in [0.3, 0.4) is 0 Å². The maximum atomic E-state index is 11.7. The van der Waals surface area contributed by atoms with Crippen LogP contribution in [0.25, 0.3) is 0 Å². The summed E-state index contributed by atoms with van der Waals surface area (Å²) in [4.78, 5) is 11.7. The van der Waals surface area contributed by atoms with E-state index in [1.54, 1.807) is 0 Å². The van der Waals surface area contributed by atoms with Crippen molar-refractivity contribution >= 4 is 6.16 Å². The Morgan fingerprint density at radius 2 is 0.595 bits per heavy atom. The highest BCUT2D eigenvalue weighted by Gasteiger charge is 2.03. The first-order valence-electron chi connectivity index (χ1n) is 19.3. The van der Waals surface area contributed by atoms with Crippen LogP contribution >= 0.6 is 0 Å². The van der Waals surface area contributed by atoms with Crippen LogP contribution in [0, 0.1) is 0 Å². The lowest BCUT2D eigenvalue weighted by molar-refractivity contribution is 0.0529. The molecule has 0 fully saturated rings. The van der Waals surface area contributed by atoms with Crippen molar-refractivity contribution in [2.24, 2.45) is 0 Å². The Balaban J connectivity index is 3.18. The molecule has 3 nitrogen and oxygen atoms in total. The molecule has 0 bridgehead atoms. The molecule has 42 heavy (non-hydrogen) atoms. The van der Waals surface area contributed by atoms with Crippen molar-refractivity contribution in [1.82, 2.24) is 0 Å². The highest BCUT2D eigenvalue weighted by Crippen LogP contribution is 2.15. The third kappa shape index (κ3) is 37.0. The summed E-state index contributed by atoms with van der Waals surface area (Å²) in [5.74, 6) is 0. The van der Waals surface area contributed by atoms with Crippen LogP contribution in [-0.2, 0) is 9.47 Å². The van der Waals surface area contributed by atoms with Gasteiger partial charge < -0.3 is 9.47 Å². The zero-order valence-corrected chi connectivity index (χ0v) is 28.9. The van der Waals surface area contributed by atoms with Crippen LogP contribution < -0.4 is 0 Å². The number of allylic oxidation sites excluding steroid dienone is 2. The van der Waals surface area contributed by atoms with Gasteiger partial charge in [-0.05, 0) is 38.5 Å². The summed E-state index contributed by atoms with van der Waals surface area (Å²) in [6.45, 7) is 5.57. The van der Waals surface area contributed by atoms with Crippen molar-refractivity contribution < 1.29 is 14.3 Å². The Bertz CT molecular complexity index is 530. The molecule has 0 spiro atoms. The molecule has 250 valence electrons. The summed E-state index contributed by atoms with van der Waals surface area (Å²) in [6, 6.07) is 0. The highest BCUT2D eigenvalue weighted by atomic mass is 16.7. The van der Waals surface area contributed by atoms with E-state index in [1.807, 2.05) is 0 Å². The topological polar surface area (TPSA) is 35.5 Å². The molecule has 0 aliphatic heterocycles. The molecule has 0 atom stereocenters. The number of hydrogen-bond acceptors (Lipinski definition) is 3. The van der Waals surface area contributed by atoms with Crippen molar-refractivity contribution in [2.45, 2.75) is 219 Å². The van der Waals surface area contributed by atoms with Crippen molar-refractivity contribution in [3.05, 3.63) is 12.2 Å². The maximum Gasteiger partial charge on any atom is 0.508 e. The fourth-order valence-corrected chi connectivity index (χ4v) is 5.71. The molecule has 0 amide bonds. The smallest absolute Gasteiger partial charge is 0.434 e. The zero-order valence-electron chi connectivity index (χ0n) is 28.9. The Kier molecular flexibility index (Phi) is 37.1. The Hall–Kier alpha value is -0.990. The number of hydrogen-bond donors (Lipinski definition) is 0. The van der Waals surface area contributed by atoms with Crippen molar-refractivity contribution in [3.63, 3.8) is 0 Å². The second-order valence-electron chi connectivity index (χ2n) is 12.9. The first-order chi connectivity index (χ1) is 20.8. The number of carbonyl (C=O) groups excluding carboxylic acids is 1. The van der Waals surface area contributed by atoms with Gasteiger partial charge in [-0.2, -0.15) is 0 Å². The van der Waals surface area contributed by atoms with E-state index in [9.17, 15) is 4.79 Å². The van der Waals surface area contributed by atoms with Crippen LogP contribution in [-0.4, -0.2) is 19.4 Å². The van der Waals surface area contributed by atoms with E-state index in [0.29, 0.717) is 13.2 Å². The molecule has 0 rings (SSSR count). The molecule has 0 aliphatic carbocycles. The third-order valence-electron chi connectivity index (χ3n) is 8.59. The summed E-state index contributed by atoms with van der Waals surface area (Å²) in [5.41, 5.74) is 0. The number of ether oxygens (including phenoxy) is 2. The minimum Gasteiger partial charge on any atom is -0.434 e. The Morgan fingerprint density at radius 3 is 0.881 bits per heavy atom. The van der Waals surface area contributed by atoms with Gasteiger partial charge >= 0.3 is 6.16 Å². The lowest BCUT2D eigenvalue weighted by Gasteiger charge is -2.06. The second kappa shape index (κ2) is 38.0. The summed E-state index contributed by atoms with van der Waals surface area (Å²) >= 11 is 0. The van der Waals surface area contributed by atoms with Crippen LogP contribution in [0.15, 0.2) is 12.2 Å². The van der Waals surface area contributed by atoms with Crippen molar-refractivity contribution in [2.75, 3.05) is 13.2 Å². The average molecular weight is 593 g/mol. The molecule has 0 saturated carbocycles. The van der Waals surface area contributed by atoms with Gasteiger partial charge in [0, 0.05) is 0 Å². The molecule has 0 saturated heterocycles. The predicted molar refractivity (Wildman–Crippen MR) is 186 cm³/mol. The number of carbonyl (C=O) groups is 1. The SMILES string of the molecule is CCCCCCCCC=CCCCCCCCCOC(=O)OCCCCCCCCCCCCCCCCCCCC. The van der Waals surface area contributed by atoms with Crippen LogP contribution in [0.5, 0.6) is 0 Å². The minimum atomic E-state index is -0.477. The third-order valence-corrected chi connectivity index (χ3v) is 8.59. The molecular formula is C39H76O3. The predicted octanol–water partition coefficient (Wildman–Crippen LogP) is 14.2. The fourth-order valence-electron chi connectivity index (χ4n) is 5.71. The molecule has 0 unspecified atom stereocenters. The highest BCUT2D eigenvalue weighted by molar-refractivity contribution is 5.59. The molecule has 0 heterocycles. The second-order valence-corrected chi connectivity index (χ2v) is 12.9. The Labute approximate surface area is 264 Å². The van der Waals surface area contributed by atoms with Crippen LogP contribution in [0.1, 0.15) is 219 Å². The van der Waals surface area contributed by atoms with E-state index in [1.165, 1.54) is 180 Å². The van der Waals surface area contributed by atoms with Gasteiger partial charge in [0.25, 0.3) is 0 Å². The molecule has 0 N–H and O–H groups in total. The van der Waals surface area contributed by atoms with Gasteiger partial charge in [0.15, 0.2) is 0 Å². The van der Waals surface area contributed by atoms with E-state index < -0.39 is 6.16 Å². The molecule has 0 aromatic heterocycles. The first kappa shape index (κ1) is 41.0. The van der Waals surface area contributed by atoms with E-state index >= 15 is 0 Å². The lowest BCUT2D eigenvalue weighted by atomic mass is 10.0. The summed E-state index contributed by atoms with van der Waals surface area (Å²) in [6.07, 6.45) is 46.9. The largest absolute Gasteiger partial charge is 0.508 e. The zero-order chi connectivity index (χ0) is 30.4. The van der Waals surface area contributed by atoms with Crippen molar-refractivity contribution in [3.8, 4) is 0 Å². The van der Waals surface area contributed by atoms with E-state index in [4.69, 9.17) is 9.47 Å². The summed E-state index contributed by atoms with van der Waals surface area (Å²) < 4.78 is 10.5. The van der Waals surface area contributed by atoms with Gasteiger partial charge in [0.1, 0.15) is 0 Å². The van der Waals surface area contributed by atoms with Crippen LogP contribution in [0.4, 0.5) is 4.79 Å². The average Bonchev–Trinajstić information content (AvgIpc) is 3.00. The summed E-state index contributed by atoms with van der Waals surface area (Å²) in [5, 5.41) is 0. The van der Waals surface area contributed by atoms with Gasteiger partial charge in [0.05, 0.1) is 13.2 Å². The molecule has 3 heteroatoms. The molecule has 0 aromatic rings. The monoisotopic (exact) mass is 593 g/mol. The quantitative estimate of drug-likeness (QED) is 0.0417. The summed E-state index contributed by atoms with van der Waals surface area (Å²) in [7, 11) is 0. The minimum absolute atomic E-state index is 0.477. The van der Waals surface area contributed by atoms with Gasteiger partial charge in [-0.1, -0.05) is 193 Å². The normalized spacial score (nSPS) is 11.5. The number of rotatable bonds is 35. The van der Waals surface area contributed by atoms with Gasteiger partial charge in [-0.25, -0.2) is 4.79 Å². The maximum absolute atomic E-state index is 11.7. The standard InChI is InChI=1S/C39H76O3/c1-3-5-7-9-11-13-15-17-19-21-22-24-26-28-30-32-34-36-38-42-39(40)41-37-35-33-31-29-27-25-23-20-18-16-14-12-10-8-6-4-2/h18,20H,3-17,19,21-38H2,1-2H3. The molecular weight excluding hydrogens is 516 g/mol. The fraction of sp³-hybridized carbons (Fsp3) is 0.923. The van der Waals surface area contributed by atoms with E-state index in [0.717, 1.165) is 25.7 Å². The van der Waals surface area contributed by atoms with Crippen molar-refractivity contribution in [1.29, 1.82) is 0 Å².